The first-order chi connectivity index (χ1) is 8.45. The van der Waals surface area contributed by atoms with Gasteiger partial charge in [0.05, 0.1) is 31.1 Å². The summed E-state index contributed by atoms with van der Waals surface area (Å²) in [6, 6.07) is 0.0243. The summed E-state index contributed by atoms with van der Waals surface area (Å²) < 4.78 is 1.57. The van der Waals surface area contributed by atoms with E-state index < -0.39 is 6.10 Å². The Morgan fingerprint density at radius 3 is 2.78 bits per heavy atom. The van der Waals surface area contributed by atoms with Crippen molar-refractivity contribution < 1.29 is 10.2 Å². The van der Waals surface area contributed by atoms with Gasteiger partial charge in [0.15, 0.2) is 0 Å². The van der Waals surface area contributed by atoms with Crippen molar-refractivity contribution in [1.82, 2.24) is 9.78 Å². The molecule has 1 aromatic rings. The van der Waals surface area contributed by atoms with Crippen LogP contribution in [0.4, 0.5) is 5.69 Å². The minimum atomic E-state index is -0.408. The van der Waals surface area contributed by atoms with E-state index in [2.05, 4.69) is 26.3 Å². The van der Waals surface area contributed by atoms with Gasteiger partial charge in [-0.3, -0.25) is 4.79 Å². The predicted octanol–water partition coefficient (Wildman–Crippen LogP) is 0.569. The number of hydrogen-bond acceptors (Lipinski definition) is 5. The average Bonchev–Trinajstić information content (AvgIpc) is 2.28. The Bertz CT molecular complexity index is 448. The van der Waals surface area contributed by atoms with E-state index in [1.54, 1.807) is 6.92 Å². The molecule has 102 valence electrons. The highest BCUT2D eigenvalue weighted by Gasteiger charge is 2.12. The lowest BCUT2D eigenvalue weighted by Crippen LogP contribution is -2.28. The standard InChI is InChI=1S/C11H18BrN3O3/c1-7(5-8(2)17)14-9-6-13-15(3-4-16)11(18)10(9)12/h6-8,14,16-17H,3-5H2,1-2H3. The molecule has 2 unspecified atom stereocenters. The Hall–Kier alpha value is -0.920. The maximum absolute atomic E-state index is 11.8. The number of nitrogens with zero attached hydrogens (tertiary/aromatic N) is 2. The number of rotatable bonds is 6. The molecule has 0 aliphatic heterocycles. The van der Waals surface area contributed by atoms with Gasteiger partial charge < -0.3 is 15.5 Å². The van der Waals surface area contributed by atoms with E-state index >= 15 is 0 Å². The third kappa shape index (κ3) is 4.08. The van der Waals surface area contributed by atoms with Gasteiger partial charge in [0.1, 0.15) is 4.47 Å². The second-order valence-corrected chi connectivity index (χ2v) is 5.05. The molecule has 0 aliphatic carbocycles. The Morgan fingerprint density at radius 1 is 1.56 bits per heavy atom. The number of aliphatic hydroxyl groups is 2. The van der Waals surface area contributed by atoms with Crippen molar-refractivity contribution in [1.29, 1.82) is 0 Å². The zero-order valence-corrected chi connectivity index (χ0v) is 12.0. The lowest BCUT2D eigenvalue weighted by atomic mass is 10.1. The monoisotopic (exact) mass is 319 g/mol. The molecule has 6 nitrogen and oxygen atoms in total. The second-order valence-electron chi connectivity index (χ2n) is 4.25. The minimum absolute atomic E-state index is 0.0243. The Balaban J connectivity index is 2.85. The van der Waals surface area contributed by atoms with Crippen LogP contribution in [0.2, 0.25) is 0 Å². The molecule has 1 heterocycles. The molecule has 0 aliphatic rings. The first-order valence-corrected chi connectivity index (χ1v) is 6.56. The van der Waals surface area contributed by atoms with E-state index in [9.17, 15) is 9.90 Å². The lowest BCUT2D eigenvalue weighted by molar-refractivity contribution is 0.179. The highest BCUT2D eigenvalue weighted by atomic mass is 79.9. The van der Waals surface area contributed by atoms with E-state index in [0.29, 0.717) is 16.6 Å². The molecule has 0 bridgehead atoms. The van der Waals surface area contributed by atoms with Crippen LogP contribution in [0.25, 0.3) is 0 Å². The van der Waals surface area contributed by atoms with Gasteiger partial charge in [-0.1, -0.05) is 0 Å². The summed E-state index contributed by atoms with van der Waals surface area (Å²) in [5.74, 6) is 0. The summed E-state index contributed by atoms with van der Waals surface area (Å²) in [6.45, 7) is 3.66. The van der Waals surface area contributed by atoms with E-state index in [-0.39, 0.29) is 24.8 Å². The Kier molecular flexibility index (Phi) is 5.77. The smallest absolute Gasteiger partial charge is 0.283 e. The third-order valence-electron chi connectivity index (χ3n) is 2.39. The summed E-state index contributed by atoms with van der Waals surface area (Å²) in [5, 5.41) is 25.1. The van der Waals surface area contributed by atoms with Crippen LogP contribution >= 0.6 is 15.9 Å². The van der Waals surface area contributed by atoms with Crippen LogP contribution in [0.1, 0.15) is 20.3 Å². The van der Waals surface area contributed by atoms with Crippen LogP contribution in [0, 0.1) is 0 Å². The summed E-state index contributed by atoms with van der Waals surface area (Å²) in [7, 11) is 0. The van der Waals surface area contributed by atoms with Gasteiger partial charge in [0, 0.05) is 6.04 Å². The second kappa shape index (κ2) is 6.86. The number of nitrogens with one attached hydrogen (secondary N) is 1. The van der Waals surface area contributed by atoms with E-state index in [1.807, 2.05) is 6.92 Å². The van der Waals surface area contributed by atoms with Crippen molar-refractivity contribution in [3.8, 4) is 0 Å². The largest absolute Gasteiger partial charge is 0.394 e. The van der Waals surface area contributed by atoms with Crippen molar-refractivity contribution in [2.75, 3.05) is 11.9 Å². The number of aliphatic hydroxyl groups excluding tert-OH is 2. The van der Waals surface area contributed by atoms with Gasteiger partial charge in [0.2, 0.25) is 0 Å². The quantitative estimate of drug-likeness (QED) is 0.713. The van der Waals surface area contributed by atoms with Crippen LogP contribution in [0.15, 0.2) is 15.5 Å². The molecule has 18 heavy (non-hydrogen) atoms. The van der Waals surface area contributed by atoms with Gasteiger partial charge in [-0.15, -0.1) is 0 Å². The van der Waals surface area contributed by atoms with Gasteiger partial charge in [-0.2, -0.15) is 5.10 Å². The first-order valence-electron chi connectivity index (χ1n) is 5.76. The normalized spacial score (nSPS) is 14.3. The molecule has 0 fully saturated rings. The predicted molar refractivity (Wildman–Crippen MR) is 72.7 cm³/mol. The molecular formula is C11H18BrN3O3. The minimum Gasteiger partial charge on any atom is -0.394 e. The van der Waals surface area contributed by atoms with Crippen LogP contribution in [-0.2, 0) is 6.54 Å². The van der Waals surface area contributed by atoms with Gasteiger partial charge in [0.25, 0.3) is 5.56 Å². The molecule has 0 radical (unpaired) electrons. The molecular weight excluding hydrogens is 302 g/mol. The van der Waals surface area contributed by atoms with Crippen LogP contribution in [-0.4, -0.2) is 38.7 Å². The highest BCUT2D eigenvalue weighted by Crippen LogP contribution is 2.18. The van der Waals surface area contributed by atoms with Crippen molar-refractivity contribution in [2.45, 2.75) is 39.0 Å². The fourth-order valence-electron chi connectivity index (χ4n) is 1.66. The highest BCUT2D eigenvalue weighted by molar-refractivity contribution is 9.10. The number of anilines is 1. The van der Waals surface area contributed by atoms with Gasteiger partial charge in [-0.25, -0.2) is 4.68 Å². The number of hydrogen-bond donors (Lipinski definition) is 3. The fourth-order valence-corrected chi connectivity index (χ4v) is 2.08. The summed E-state index contributed by atoms with van der Waals surface area (Å²) in [4.78, 5) is 11.8. The van der Waals surface area contributed by atoms with E-state index in [4.69, 9.17) is 5.11 Å². The van der Waals surface area contributed by atoms with Crippen LogP contribution < -0.4 is 10.9 Å². The Labute approximate surface area is 114 Å². The van der Waals surface area contributed by atoms with E-state index in [1.165, 1.54) is 10.9 Å². The van der Waals surface area contributed by atoms with Gasteiger partial charge >= 0.3 is 0 Å². The van der Waals surface area contributed by atoms with Crippen LogP contribution in [0.5, 0.6) is 0 Å². The third-order valence-corrected chi connectivity index (χ3v) is 3.16. The molecule has 1 rings (SSSR count). The molecule has 7 heteroatoms. The average molecular weight is 320 g/mol. The summed E-state index contributed by atoms with van der Waals surface area (Å²) in [5.41, 5.74) is 0.292. The Morgan fingerprint density at radius 2 is 2.22 bits per heavy atom. The summed E-state index contributed by atoms with van der Waals surface area (Å²) >= 11 is 3.22. The zero-order valence-electron chi connectivity index (χ0n) is 10.4. The first kappa shape index (κ1) is 15.1. The molecule has 0 aromatic carbocycles. The fraction of sp³-hybridized carbons (Fsp3) is 0.636. The SMILES string of the molecule is CC(O)CC(C)Nc1cnn(CCO)c(=O)c1Br. The topological polar surface area (TPSA) is 87.4 Å². The molecule has 0 saturated carbocycles. The molecule has 0 spiro atoms. The van der Waals surface area contributed by atoms with Gasteiger partial charge in [-0.05, 0) is 36.2 Å². The maximum Gasteiger partial charge on any atom is 0.283 e. The summed E-state index contributed by atoms with van der Waals surface area (Å²) in [6.07, 6.45) is 1.69. The maximum atomic E-state index is 11.8. The lowest BCUT2D eigenvalue weighted by Gasteiger charge is -2.17. The zero-order chi connectivity index (χ0) is 13.7. The van der Waals surface area contributed by atoms with Crippen molar-refractivity contribution >= 4 is 21.6 Å². The number of halogens is 1. The van der Waals surface area contributed by atoms with Crippen molar-refractivity contribution in [2.24, 2.45) is 0 Å². The van der Waals surface area contributed by atoms with Crippen molar-refractivity contribution in [3.05, 3.63) is 21.0 Å². The molecule has 2 atom stereocenters. The van der Waals surface area contributed by atoms with E-state index in [0.717, 1.165) is 0 Å². The molecule has 3 N–H and O–H groups in total. The molecule has 0 saturated heterocycles. The van der Waals surface area contributed by atoms with Crippen LogP contribution in [0.3, 0.4) is 0 Å². The molecule has 1 aromatic heterocycles. The molecule has 0 amide bonds. The number of aromatic nitrogens is 2. The van der Waals surface area contributed by atoms with Crippen molar-refractivity contribution in [3.63, 3.8) is 0 Å².